The van der Waals surface area contributed by atoms with Crippen LogP contribution in [0.25, 0.3) is 22.9 Å². The summed E-state index contributed by atoms with van der Waals surface area (Å²) in [7, 11) is -0.495. The number of carbonyl (C=O) groups is 5. The van der Waals surface area contributed by atoms with E-state index in [9.17, 15) is 46.1 Å². The molecule has 0 aliphatic carbocycles. The van der Waals surface area contributed by atoms with Crippen molar-refractivity contribution in [3.8, 4) is 0 Å². The fraction of sp³-hybridized carbons (Fsp3) is 0.436. The maximum Gasteiger partial charge on any atom is 0.414 e. The molecule has 90 heavy (non-hydrogen) atoms. The Morgan fingerprint density at radius 3 is 1.20 bits per heavy atom. The number of Topliss-reactive ketones (excluding diaryl/α,β-unsaturated/α-hetero) is 1. The zero-order valence-electron chi connectivity index (χ0n) is 50.0. The molecule has 1 aromatic heterocycles. The second-order valence-electron chi connectivity index (χ2n) is 20.0. The van der Waals surface area contributed by atoms with Gasteiger partial charge in [-0.2, -0.15) is 4.98 Å². The van der Waals surface area contributed by atoms with E-state index in [1.54, 1.807) is 82.8 Å². The molecule has 4 atom stereocenters. The molecule has 4 aliphatic heterocycles. The molecule has 4 fully saturated rings. The number of anilines is 4. The number of nitrogens with one attached hydrogen (secondary N) is 4. The van der Waals surface area contributed by atoms with E-state index in [0.717, 1.165) is 11.8 Å². The molecule has 480 valence electrons. The Bertz CT molecular complexity index is 3220. The molecule has 9 rings (SSSR count). The Morgan fingerprint density at radius 2 is 0.922 bits per heavy atom. The first kappa shape index (κ1) is 85.8. The standard InChI is InChI=1S/C15H18FN2O3S.C14H19FN2O3PS.C13H12FN4O3S.C13H16FN2O3S.4Ac/c1-9(19)15(2,3)22-13-5-4-10(6-12(13)16)18-8-11(7-17)21-14(18)20;1-21(2,19)5-6-22-13-4-3-10(7-12(13)15)17-9-11(8-16)20-14(17)18;14-10-3-8(18-5-9(4-15)21-13(18)19)1-2-11(10)22-6-12-16-7-20-17-12;1-18-4-5-20-12-3-2-9(6-11(12)14)16-8-10(7-15)19-13(16)17;;;;/h4-6,11,17H,7-8H2,1-3H3;3-4,7,11,16H,5-6,8-9H2,1-2H3;1-3,7,9,15H,4-6H2;2-3,6,10,15H,4-5,7-8H2,1H3;;;;/q4*-1;;;;/t2*11-;9-;10-;;;;/m0000..../s1. The predicted molar refractivity (Wildman–Crippen MR) is 325 cm³/mol. The van der Waals surface area contributed by atoms with Crippen LogP contribution in [-0.4, -0.2) is 167 Å². The number of cyclic esters (lactones) is 4. The molecule has 4 saturated heterocycles. The van der Waals surface area contributed by atoms with Crippen LogP contribution in [0.3, 0.4) is 0 Å². The summed E-state index contributed by atoms with van der Waals surface area (Å²) in [6.07, 6.45) is -2.28. The molecule has 0 bridgehead atoms. The van der Waals surface area contributed by atoms with Crippen molar-refractivity contribution in [2.24, 2.45) is 0 Å². The van der Waals surface area contributed by atoms with Crippen molar-refractivity contribution in [2.45, 2.75) is 75.3 Å². The van der Waals surface area contributed by atoms with E-state index >= 15 is 0 Å². The minimum atomic E-state index is -2.09. The molecular weight excluding hydrogens is 2140 g/mol. The van der Waals surface area contributed by atoms with Crippen molar-refractivity contribution >= 4 is 107 Å². The number of amides is 4. The molecule has 5 aromatic rings. The van der Waals surface area contributed by atoms with Crippen molar-refractivity contribution < 1.29 is 251 Å². The third-order valence-corrected chi connectivity index (χ3v) is 18.8. The fourth-order valence-electron chi connectivity index (χ4n) is 7.77. The number of aromatic nitrogens is 2. The van der Waals surface area contributed by atoms with Crippen molar-refractivity contribution in [3.63, 3.8) is 0 Å². The summed E-state index contributed by atoms with van der Waals surface area (Å²) in [5.74, 6) is 0.383. The molecule has 22 nitrogen and oxygen atoms in total. The number of thioether (sulfide) groups is 4. The van der Waals surface area contributed by atoms with Gasteiger partial charge in [-0.25, -0.2) is 36.7 Å². The van der Waals surface area contributed by atoms with Crippen molar-refractivity contribution in [3.05, 3.63) is 131 Å². The number of methoxy groups -OCH3 is 1. The van der Waals surface area contributed by atoms with Crippen LogP contribution in [0.15, 0.2) is 103 Å². The van der Waals surface area contributed by atoms with Gasteiger partial charge in [0.25, 0.3) is 0 Å². The van der Waals surface area contributed by atoms with Crippen LogP contribution in [0.4, 0.5) is 59.5 Å². The van der Waals surface area contributed by atoms with Crippen LogP contribution in [0.2, 0.25) is 0 Å². The Morgan fingerprint density at radius 1 is 0.589 bits per heavy atom. The van der Waals surface area contributed by atoms with Crippen molar-refractivity contribution in [1.82, 2.24) is 10.1 Å². The van der Waals surface area contributed by atoms with Gasteiger partial charge in [0.15, 0.2) is 5.82 Å². The first-order valence-electron chi connectivity index (χ1n) is 26.4. The Labute approximate surface area is 680 Å². The SMILES string of the molecule is CC(=O)C(C)(C)Sc1ccc(N2C[C@H](C[NH-])OC2=O)cc1F.COCCSc1ccc(N2C[C@H](C[NH-])OC2=O)cc1F.CP(C)(=O)CCSc1ccc(N2C[C@H](C[NH-])OC2=O)cc1F.[Ac].[Ac].[Ac].[Ac].[NH-]C[C@H]1CN(c2ccc(SCc3ncon3)c(F)c2)C(=O)O1. The Hall–Kier alpha value is -0.314. The molecule has 4 N–H and O–H groups in total. The van der Waals surface area contributed by atoms with E-state index < -0.39 is 78.1 Å². The van der Waals surface area contributed by atoms with E-state index in [1.807, 2.05) is 0 Å². The van der Waals surface area contributed by atoms with E-state index in [2.05, 4.69) is 14.7 Å². The van der Waals surface area contributed by atoms with E-state index in [4.69, 9.17) is 46.6 Å². The van der Waals surface area contributed by atoms with Gasteiger partial charge in [0.1, 0.15) is 53.5 Å². The molecule has 4 aliphatic rings. The number of ether oxygens (including phenoxy) is 5. The van der Waals surface area contributed by atoms with Gasteiger partial charge in [-0.05, 0) is 107 Å². The minimum Gasteiger partial charge on any atom is -0.674 e. The number of hydrogen-bond donors (Lipinski definition) is 0. The summed E-state index contributed by atoms with van der Waals surface area (Å²) < 4.78 is 96.9. The van der Waals surface area contributed by atoms with Crippen LogP contribution < -0.4 is 19.6 Å². The zero-order valence-corrected chi connectivity index (χ0v) is 73.1. The van der Waals surface area contributed by atoms with Gasteiger partial charge in [-0.3, -0.25) is 24.4 Å². The second-order valence-corrected chi connectivity index (χ2v) is 28.6. The quantitative estimate of drug-likeness (QED) is 0.0204. The van der Waals surface area contributed by atoms with Crippen LogP contribution in [-0.2, 0) is 38.8 Å². The van der Waals surface area contributed by atoms with Gasteiger partial charge in [0.05, 0.1) is 73.2 Å². The van der Waals surface area contributed by atoms with E-state index in [-0.39, 0.29) is 240 Å². The molecule has 4 aromatic carbocycles. The first-order valence-corrected chi connectivity index (χ1v) is 33.0. The summed E-state index contributed by atoms with van der Waals surface area (Å²) in [4.78, 5) is 69.2. The number of ketones is 1. The summed E-state index contributed by atoms with van der Waals surface area (Å²) in [5, 5.41) is 3.65. The van der Waals surface area contributed by atoms with Crippen molar-refractivity contribution in [2.75, 3.05) is 117 Å². The average molecular weight is 2200 g/mol. The number of hydrogen-bond acceptors (Lipinski definition) is 18. The third kappa shape index (κ3) is 26.2. The third-order valence-electron chi connectivity index (χ3n) is 12.7. The van der Waals surface area contributed by atoms with Gasteiger partial charge in [-0.1, -0.05) is 5.16 Å². The molecule has 5 heterocycles. The van der Waals surface area contributed by atoms with E-state index in [0.29, 0.717) is 78.2 Å². The summed E-state index contributed by atoms with van der Waals surface area (Å²) >= 11 is 5.07. The van der Waals surface area contributed by atoms with Crippen LogP contribution >= 0.6 is 54.2 Å². The maximum absolute atomic E-state index is 14.3. The number of carbonyl (C=O) groups excluding carboxylic acids is 5. The zero-order chi connectivity index (χ0) is 62.9. The van der Waals surface area contributed by atoms with E-state index in [1.165, 1.54) is 92.5 Å². The van der Waals surface area contributed by atoms with Gasteiger partial charge in [0.2, 0.25) is 6.39 Å². The molecule has 0 saturated carbocycles. The number of halogens is 4. The van der Waals surface area contributed by atoms with Crippen LogP contribution in [0.5, 0.6) is 0 Å². The first-order chi connectivity index (χ1) is 40.9. The molecule has 4 radical (unpaired) electrons. The number of benzene rings is 4. The Kier molecular flexibility index (Phi) is 39.9. The van der Waals surface area contributed by atoms with Gasteiger partial charge in [0, 0.05) is 221 Å². The molecule has 4 amide bonds. The predicted octanol–water partition coefficient (Wildman–Crippen LogP) is 13.4. The molecular formula is C55H65Ac4F4N10O12PS4-4. The molecule has 0 spiro atoms. The van der Waals surface area contributed by atoms with Crippen molar-refractivity contribution in [1.29, 1.82) is 0 Å². The van der Waals surface area contributed by atoms with Gasteiger partial charge < -0.3 is 55.7 Å². The largest absolute Gasteiger partial charge is 0.674 e. The maximum atomic E-state index is 14.3. The van der Waals surface area contributed by atoms with Gasteiger partial charge in [-0.15, -0.1) is 73.2 Å². The summed E-state index contributed by atoms with van der Waals surface area (Å²) in [6, 6.07) is 18.2. The molecule has 0 unspecified atom stereocenters. The normalized spacial score (nSPS) is 17.5. The Balaban J connectivity index is 0.000000403. The number of rotatable bonds is 22. The topological polar surface area (TPSA) is 296 Å². The minimum absolute atomic E-state index is 0. The monoisotopic (exact) mass is 2200 g/mol. The molecule has 35 heteroatoms. The second kappa shape index (κ2) is 41.8. The average Bonchev–Trinajstić information content (AvgIpc) is 1.70. The smallest absolute Gasteiger partial charge is 0.414 e. The van der Waals surface area contributed by atoms with Gasteiger partial charge >= 0.3 is 24.4 Å². The summed E-state index contributed by atoms with van der Waals surface area (Å²) in [6.45, 7) is 9.97. The fourth-order valence-corrected chi connectivity index (χ4v) is 13.1. The number of nitrogens with zero attached hydrogens (tertiary/aromatic N) is 6. The van der Waals surface area contributed by atoms with Crippen LogP contribution in [0, 0.1) is 200 Å². The summed E-state index contributed by atoms with van der Waals surface area (Å²) in [5.41, 5.74) is 30.6. The van der Waals surface area contributed by atoms with Crippen LogP contribution in [0.1, 0.15) is 26.6 Å².